The molecule has 4 heteroatoms. The molecule has 38 heavy (non-hydrogen) atoms. The number of hydrogen-bond donors (Lipinski definition) is 0. The first kappa shape index (κ1) is 23.8. The van der Waals surface area contributed by atoms with E-state index in [1.165, 1.54) is 11.1 Å². The van der Waals surface area contributed by atoms with Gasteiger partial charge in [0.1, 0.15) is 12.1 Å². The minimum absolute atomic E-state index is 0.187. The van der Waals surface area contributed by atoms with Crippen LogP contribution >= 0.6 is 6.89 Å². The summed E-state index contributed by atoms with van der Waals surface area (Å²) in [4.78, 5) is 2.22. The molecular formula is C34H26N3P. The third kappa shape index (κ3) is 3.34. The number of hydrogen-bond acceptors (Lipinski definition) is 3. The topological polar surface area (TPSA) is 50.8 Å². The number of anilines is 2. The van der Waals surface area contributed by atoms with Crippen LogP contribution in [0.4, 0.5) is 11.4 Å². The molecule has 0 spiro atoms. The molecule has 2 heterocycles. The van der Waals surface area contributed by atoms with Crippen molar-refractivity contribution in [3.8, 4) is 12.1 Å². The van der Waals surface area contributed by atoms with Crippen molar-refractivity contribution in [3.05, 3.63) is 143 Å². The lowest BCUT2D eigenvalue weighted by atomic mass is 9.73. The quantitative estimate of drug-likeness (QED) is 0.277. The van der Waals surface area contributed by atoms with Crippen molar-refractivity contribution in [2.24, 2.45) is 0 Å². The zero-order valence-electron chi connectivity index (χ0n) is 21.3. The average Bonchev–Trinajstić information content (AvgIpc) is 2.97. The van der Waals surface area contributed by atoms with Gasteiger partial charge in [0.2, 0.25) is 0 Å². The van der Waals surface area contributed by atoms with E-state index in [-0.39, 0.29) is 5.41 Å². The van der Waals surface area contributed by atoms with Crippen LogP contribution in [-0.4, -0.2) is 5.29 Å². The van der Waals surface area contributed by atoms with E-state index in [9.17, 15) is 10.5 Å². The Morgan fingerprint density at radius 2 is 1.08 bits per heavy atom. The van der Waals surface area contributed by atoms with E-state index in [0.29, 0.717) is 10.6 Å². The van der Waals surface area contributed by atoms with E-state index in [1.54, 1.807) is 0 Å². The van der Waals surface area contributed by atoms with Crippen molar-refractivity contribution in [2.45, 2.75) is 19.3 Å². The van der Waals surface area contributed by atoms with Gasteiger partial charge in [0.15, 0.2) is 0 Å². The van der Waals surface area contributed by atoms with Gasteiger partial charge in [-0.3, -0.25) is 0 Å². The molecule has 0 saturated carbocycles. The van der Waals surface area contributed by atoms with Crippen LogP contribution in [0, 0.1) is 22.7 Å². The predicted molar refractivity (Wildman–Crippen MR) is 159 cm³/mol. The number of benzene rings is 4. The van der Waals surface area contributed by atoms with Crippen molar-refractivity contribution in [2.75, 3.05) is 4.90 Å². The second-order valence-electron chi connectivity index (χ2n) is 10.0. The predicted octanol–water partition coefficient (Wildman–Crippen LogP) is 7.13. The van der Waals surface area contributed by atoms with Gasteiger partial charge < -0.3 is 4.90 Å². The molecule has 0 bridgehead atoms. The highest BCUT2D eigenvalue weighted by atomic mass is 31.2. The monoisotopic (exact) mass is 507 g/mol. The molecule has 0 amide bonds. The molecule has 0 aromatic heterocycles. The van der Waals surface area contributed by atoms with Crippen molar-refractivity contribution < 1.29 is 0 Å². The van der Waals surface area contributed by atoms with Gasteiger partial charge in [-0.15, -0.1) is 0 Å². The average molecular weight is 508 g/mol. The molecule has 4 aromatic carbocycles. The third-order valence-electron chi connectivity index (χ3n) is 7.70. The summed E-state index contributed by atoms with van der Waals surface area (Å²) in [7, 11) is 0. The fraction of sp³-hybridized carbons (Fsp3) is 0.0882. The van der Waals surface area contributed by atoms with Gasteiger partial charge in [-0.1, -0.05) is 111 Å². The maximum Gasteiger partial charge on any atom is 0.100 e. The Hall–Kier alpha value is -4.56. The van der Waals surface area contributed by atoms with Crippen LogP contribution in [0.2, 0.25) is 0 Å². The van der Waals surface area contributed by atoms with E-state index in [4.69, 9.17) is 0 Å². The summed E-state index contributed by atoms with van der Waals surface area (Å²) in [5.41, 5.74) is 5.20. The van der Waals surface area contributed by atoms with Gasteiger partial charge in [0, 0.05) is 18.0 Å². The standard InChI is InChI=1S/C34H26N3P/c1-34(2)30-17-9-11-19-32(30)37(33-20-12-10-18-31(33)34)25-21-28(23-35)38(29(22-25)24-36,26-13-5-3-6-14-26)27-15-7-4-8-16-27/h3-22H,1-2H3. The summed E-state index contributed by atoms with van der Waals surface area (Å²) in [5.74, 6) is 0. The molecule has 3 nitrogen and oxygen atoms in total. The second kappa shape index (κ2) is 9.08. The van der Waals surface area contributed by atoms with E-state index in [0.717, 1.165) is 27.7 Å². The molecular weight excluding hydrogens is 481 g/mol. The summed E-state index contributed by atoms with van der Waals surface area (Å²) >= 11 is 0. The first-order valence-corrected chi connectivity index (χ1v) is 14.4. The molecule has 0 radical (unpaired) electrons. The summed E-state index contributed by atoms with van der Waals surface area (Å²) in [6, 6.07) is 42.1. The Morgan fingerprint density at radius 1 is 0.605 bits per heavy atom. The molecule has 6 rings (SSSR count). The molecule has 0 aliphatic carbocycles. The van der Waals surface area contributed by atoms with Gasteiger partial charge in [-0.05, 0) is 46.0 Å². The van der Waals surface area contributed by atoms with E-state index >= 15 is 0 Å². The van der Waals surface area contributed by atoms with Gasteiger partial charge in [-0.2, -0.15) is 10.5 Å². The number of allylic oxidation sites excluding steroid dienone is 3. The summed E-state index contributed by atoms with van der Waals surface area (Å²) in [6.07, 6.45) is 4.03. The van der Waals surface area contributed by atoms with Crippen molar-refractivity contribution >= 4 is 34.2 Å². The maximum atomic E-state index is 10.7. The number of fused-ring (bicyclic) bond motifs is 2. The van der Waals surface area contributed by atoms with Gasteiger partial charge in [0.05, 0.1) is 22.0 Å². The highest BCUT2D eigenvalue weighted by Crippen LogP contribution is 2.58. The number of para-hydroxylation sites is 2. The molecule has 182 valence electrons. The number of rotatable bonds is 3. The molecule has 0 unspecified atom stereocenters. The first-order chi connectivity index (χ1) is 18.5. The lowest BCUT2D eigenvalue weighted by molar-refractivity contribution is 0.630. The van der Waals surface area contributed by atoms with Crippen molar-refractivity contribution in [3.63, 3.8) is 0 Å². The molecule has 2 aliphatic rings. The number of nitrogens with zero attached hydrogens (tertiary/aromatic N) is 3. The van der Waals surface area contributed by atoms with E-state index in [1.807, 2.05) is 60.7 Å². The minimum Gasteiger partial charge on any atom is -0.310 e. The fourth-order valence-electron chi connectivity index (χ4n) is 5.94. The van der Waals surface area contributed by atoms with Crippen LogP contribution in [0.25, 0.3) is 0 Å². The van der Waals surface area contributed by atoms with Gasteiger partial charge in [-0.25, -0.2) is 0 Å². The third-order valence-corrected chi connectivity index (χ3v) is 11.8. The maximum absolute atomic E-state index is 10.7. The van der Waals surface area contributed by atoms with Crippen LogP contribution in [0.3, 0.4) is 0 Å². The lowest BCUT2D eigenvalue weighted by Crippen LogP contribution is -2.33. The van der Waals surface area contributed by atoms with Crippen molar-refractivity contribution in [1.29, 1.82) is 10.5 Å². The highest BCUT2D eigenvalue weighted by Gasteiger charge is 2.39. The van der Waals surface area contributed by atoms with E-state index in [2.05, 4.69) is 91.5 Å². The SMILES string of the molecule is CC1(C)c2ccccc2N(C2=CC(C#N)=P(c3ccccc3)(c3ccccc3)C(C#N)=C2)c2ccccc21. The molecule has 4 aromatic rings. The minimum atomic E-state index is -2.65. The van der Waals surface area contributed by atoms with Crippen LogP contribution in [0.1, 0.15) is 25.0 Å². The Kier molecular flexibility index (Phi) is 5.69. The van der Waals surface area contributed by atoms with E-state index < -0.39 is 6.89 Å². The lowest BCUT2D eigenvalue weighted by Gasteiger charge is -2.43. The van der Waals surface area contributed by atoms with Crippen LogP contribution in [0.5, 0.6) is 0 Å². The fourth-order valence-corrected chi connectivity index (χ4v) is 9.81. The molecule has 2 aliphatic heterocycles. The molecule has 0 saturated heterocycles. The molecule has 0 atom stereocenters. The van der Waals surface area contributed by atoms with Crippen LogP contribution in [-0.2, 0) is 5.41 Å². The normalized spacial score (nSPS) is 16.7. The largest absolute Gasteiger partial charge is 0.310 e. The molecule has 0 N–H and O–H groups in total. The summed E-state index contributed by atoms with van der Waals surface area (Å²) < 4.78 is 0. The number of nitriles is 2. The van der Waals surface area contributed by atoms with Gasteiger partial charge in [0.25, 0.3) is 0 Å². The zero-order valence-corrected chi connectivity index (χ0v) is 22.2. The Bertz CT molecular complexity index is 1670. The van der Waals surface area contributed by atoms with Gasteiger partial charge >= 0.3 is 0 Å². The van der Waals surface area contributed by atoms with Crippen molar-refractivity contribution in [1.82, 2.24) is 0 Å². The highest BCUT2D eigenvalue weighted by molar-refractivity contribution is 7.93. The first-order valence-electron chi connectivity index (χ1n) is 12.6. The zero-order chi connectivity index (χ0) is 26.3. The molecule has 0 fully saturated rings. The Morgan fingerprint density at radius 3 is 1.55 bits per heavy atom. The summed E-state index contributed by atoms with van der Waals surface area (Å²) in [5, 5.41) is 24.7. The summed E-state index contributed by atoms with van der Waals surface area (Å²) in [6.45, 7) is 1.86. The second-order valence-corrected chi connectivity index (χ2v) is 13.4. The van der Waals surface area contributed by atoms with Crippen LogP contribution < -0.4 is 15.5 Å². The Labute approximate surface area is 224 Å². The van der Waals surface area contributed by atoms with Crippen LogP contribution in [0.15, 0.2) is 132 Å². The Balaban J connectivity index is 1.71. The smallest absolute Gasteiger partial charge is 0.100 e.